The fourth-order valence-corrected chi connectivity index (χ4v) is 3.11. The molecule has 2 rings (SSSR count). The number of nitrogens with one attached hydrogen (secondary N) is 1. The largest absolute Gasteiger partial charge is 0.354 e. The number of nitrogens with zero attached hydrogens (tertiary/aromatic N) is 3. The molecule has 0 radical (unpaired) electrons. The molecule has 2 aliphatic heterocycles. The van der Waals surface area contributed by atoms with Crippen LogP contribution >= 0.6 is 0 Å². The number of hydrogen-bond acceptors (Lipinski definition) is 4. The first-order valence-corrected chi connectivity index (χ1v) is 8.03. The zero-order chi connectivity index (χ0) is 14.4. The van der Waals surface area contributed by atoms with Gasteiger partial charge >= 0.3 is 0 Å². The Bertz CT molecular complexity index is 302. The van der Waals surface area contributed by atoms with Crippen molar-refractivity contribution in [1.29, 1.82) is 0 Å². The lowest BCUT2D eigenvalue weighted by atomic mass is 10.0. The van der Waals surface area contributed by atoms with E-state index < -0.39 is 0 Å². The molecule has 2 saturated heterocycles. The molecule has 0 aromatic rings. The summed E-state index contributed by atoms with van der Waals surface area (Å²) in [4.78, 5) is 19.0. The van der Waals surface area contributed by atoms with Gasteiger partial charge in [0.2, 0.25) is 5.91 Å². The van der Waals surface area contributed by atoms with E-state index in [2.05, 4.69) is 34.0 Å². The standard InChI is InChI=1S/C15H30N4O/c1-14-4-3-6-19(12-14)13-15(20)16-5-7-18-10-8-17(2)9-11-18/h14H,3-13H2,1-2H3,(H,16,20)/t14-/m1/s1. The summed E-state index contributed by atoms with van der Waals surface area (Å²) < 4.78 is 0. The van der Waals surface area contributed by atoms with Gasteiger partial charge in [0.05, 0.1) is 6.54 Å². The highest BCUT2D eigenvalue weighted by molar-refractivity contribution is 5.78. The van der Waals surface area contributed by atoms with E-state index in [1.807, 2.05) is 0 Å². The Morgan fingerprint density at radius 2 is 1.90 bits per heavy atom. The van der Waals surface area contributed by atoms with Crippen LogP contribution in [0.5, 0.6) is 0 Å². The van der Waals surface area contributed by atoms with Crippen LogP contribution in [0.15, 0.2) is 0 Å². The Morgan fingerprint density at radius 3 is 2.60 bits per heavy atom. The predicted molar refractivity (Wildman–Crippen MR) is 81.8 cm³/mol. The first-order valence-electron chi connectivity index (χ1n) is 8.03. The third-order valence-corrected chi connectivity index (χ3v) is 4.45. The molecule has 1 atom stereocenters. The Kier molecular flexibility index (Phi) is 6.26. The normalized spacial score (nSPS) is 26.6. The zero-order valence-electron chi connectivity index (χ0n) is 13.1. The maximum atomic E-state index is 11.9. The van der Waals surface area contributed by atoms with Gasteiger partial charge in [-0.1, -0.05) is 6.92 Å². The van der Waals surface area contributed by atoms with Crippen molar-refractivity contribution in [2.24, 2.45) is 5.92 Å². The summed E-state index contributed by atoms with van der Waals surface area (Å²) in [7, 11) is 2.17. The van der Waals surface area contributed by atoms with Crippen molar-refractivity contribution in [3.63, 3.8) is 0 Å². The lowest BCUT2D eigenvalue weighted by Gasteiger charge is -2.32. The zero-order valence-corrected chi connectivity index (χ0v) is 13.1. The molecule has 1 amide bonds. The van der Waals surface area contributed by atoms with Crippen molar-refractivity contribution in [2.45, 2.75) is 19.8 Å². The van der Waals surface area contributed by atoms with E-state index in [-0.39, 0.29) is 5.91 Å². The number of likely N-dealkylation sites (tertiary alicyclic amines) is 1. The summed E-state index contributed by atoms with van der Waals surface area (Å²) in [5.74, 6) is 0.926. The summed E-state index contributed by atoms with van der Waals surface area (Å²) in [6, 6.07) is 0. The van der Waals surface area contributed by atoms with Gasteiger partial charge in [0.1, 0.15) is 0 Å². The van der Waals surface area contributed by atoms with E-state index in [4.69, 9.17) is 0 Å². The lowest BCUT2D eigenvalue weighted by Crippen LogP contribution is -2.48. The van der Waals surface area contributed by atoms with Crippen molar-refractivity contribution in [1.82, 2.24) is 20.0 Å². The van der Waals surface area contributed by atoms with Crippen LogP contribution in [0.4, 0.5) is 0 Å². The molecule has 2 aliphatic rings. The third-order valence-electron chi connectivity index (χ3n) is 4.45. The van der Waals surface area contributed by atoms with Crippen LogP contribution in [0, 0.1) is 5.92 Å². The van der Waals surface area contributed by atoms with Crippen molar-refractivity contribution in [3.05, 3.63) is 0 Å². The highest BCUT2D eigenvalue weighted by Crippen LogP contribution is 2.14. The Hall–Kier alpha value is -0.650. The molecule has 5 nitrogen and oxygen atoms in total. The van der Waals surface area contributed by atoms with E-state index in [0.29, 0.717) is 6.54 Å². The monoisotopic (exact) mass is 282 g/mol. The van der Waals surface area contributed by atoms with Gasteiger partial charge in [0, 0.05) is 45.8 Å². The maximum Gasteiger partial charge on any atom is 0.234 e. The molecule has 5 heteroatoms. The van der Waals surface area contributed by atoms with Crippen molar-refractivity contribution in [3.8, 4) is 0 Å². The van der Waals surface area contributed by atoms with Crippen LogP contribution in [0.1, 0.15) is 19.8 Å². The molecule has 116 valence electrons. The molecule has 2 heterocycles. The molecule has 2 fully saturated rings. The second kappa shape index (κ2) is 7.96. The maximum absolute atomic E-state index is 11.9. The topological polar surface area (TPSA) is 38.8 Å². The van der Waals surface area contributed by atoms with E-state index in [9.17, 15) is 4.79 Å². The number of carbonyl (C=O) groups is 1. The van der Waals surface area contributed by atoms with Gasteiger partial charge in [-0.2, -0.15) is 0 Å². The van der Waals surface area contributed by atoms with Gasteiger partial charge in [0.15, 0.2) is 0 Å². The van der Waals surface area contributed by atoms with E-state index in [1.54, 1.807) is 0 Å². The minimum atomic E-state index is 0.188. The number of carbonyl (C=O) groups excluding carboxylic acids is 1. The molecule has 0 aromatic carbocycles. The van der Waals surface area contributed by atoms with Crippen LogP contribution in [0.2, 0.25) is 0 Å². The molecule has 1 N–H and O–H groups in total. The first kappa shape index (κ1) is 15.7. The average Bonchev–Trinajstić information content (AvgIpc) is 2.41. The average molecular weight is 282 g/mol. The Balaban J connectivity index is 1.56. The summed E-state index contributed by atoms with van der Waals surface area (Å²) >= 11 is 0. The first-order chi connectivity index (χ1) is 9.63. The predicted octanol–water partition coefficient (Wildman–Crippen LogP) is 0.0819. The highest BCUT2D eigenvalue weighted by atomic mass is 16.2. The van der Waals surface area contributed by atoms with Crippen LogP contribution in [0.25, 0.3) is 0 Å². The van der Waals surface area contributed by atoms with Crippen molar-refractivity contribution >= 4 is 5.91 Å². The Labute approximate surface area is 123 Å². The van der Waals surface area contributed by atoms with Gasteiger partial charge in [-0.3, -0.25) is 14.6 Å². The number of piperazine rings is 1. The lowest BCUT2D eigenvalue weighted by molar-refractivity contribution is -0.122. The second-order valence-electron chi connectivity index (χ2n) is 6.48. The summed E-state index contributed by atoms with van der Waals surface area (Å²) in [6.07, 6.45) is 2.54. The summed E-state index contributed by atoms with van der Waals surface area (Å²) in [5, 5.41) is 3.07. The van der Waals surface area contributed by atoms with Gasteiger partial charge in [-0.25, -0.2) is 0 Å². The van der Waals surface area contributed by atoms with Gasteiger partial charge < -0.3 is 10.2 Å². The van der Waals surface area contributed by atoms with Gasteiger partial charge in [-0.05, 0) is 32.4 Å². The summed E-state index contributed by atoms with van der Waals surface area (Å²) in [5.41, 5.74) is 0. The van der Waals surface area contributed by atoms with Crippen LogP contribution in [0.3, 0.4) is 0 Å². The minimum Gasteiger partial charge on any atom is -0.354 e. The molecular formula is C15H30N4O. The van der Waals surface area contributed by atoms with E-state index >= 15 is 0 Å². The molecule has 0 aromatic heterocycles. The van der Waals surface area contributed by atoms with Crippen molar-refractivity contribution in [2.75, 3.05) is 66.0 Å². The highest BCUT2D eigenvalue weighted by Gasteiger charge is 2.18. The number of likely N-dealkylation sites (N-methyl/N-ethyl adjacent to an activating group) is 1. The second-order valence-corrected chi connectivity index (χ2v) is 6.48. The number of hydrogen-bond donors (Lipinski definition) is 1. The SMILES string of the molecule is C[C@@H]1CCCN(CC(=O)NCCN2CCN(C)CC2)C1. The van der Waals surface area contributed by atoms with Gasteiger partial charge in [0.25, 0.3) is 0 Å². The minimum absolute atomic E-state index is 0.188. The fraction of sp³-hybridized carbons (Fsp3) is 0.933. The number of rotatable bonds is 5. The molecule has 0 bridgehead atoms. The molecule has 20 heavy (non-hydrogen) atoms. The summed E-state index contributed by atoms with van der Waals surface area (Å²) in [6.45, 7) is 11.3. The molecule has 0 unspecified atom stereocenters. The third kappa shape index (κ3) is 5.38. The number of piperidine rings is 1. The molecule has 0 saturated carbocycles. The Morgan fingerprint density at radius 1 is 1.15 bits per heavy atom. The molecular weight excluding hydrogens is 252 g/mol. The quantitative estimate of drug-likeness (QED) is 0.775. The smallest absolute Gasteiger partial charge is 0.234 e. The molecule has 0 aliphatic carbocycles. The van der Waals surface area contributed by atoms with Crippen LogP contribution in [-0.4, -0.2) is 86.6 Å². The van der Waals surface area contributed by atoms with Gasteiger partial charge in [-0.15, -0.1) is 0 Å². The van der Waals surface area contributed by atoms with Crippen LogP contribution < -0.4 is 5.32 Å². The number of amides is 1. The van der Waals surface area contributed by atoms with E-state index in [1.165, 1.54) is 12.8 Å². The van der Waals surface area contributed by atoms with Crippen LogP contribution in [-0.2, 0) is 4.79 Å². The van der Waals surface area contributed by atoms with Crippen molar-refractivity contribution < 1.29 is 4.79 Å². The van der Waals surface area contributed by atoms with E-state index in [0.717, 1.165) is 58.3 Å². The fourth-order valence-electron chi connectivity index (χ4n) is 3.11. The molecule has 0 spiro atoms.